The lowest BCUT2D eigenvalue weighted by atomic mass is 9.85. The Balaban J connectivity index is 1.64. The highest BCUT2D eigenvalue weighted by molar-refractivity contribution is 9.10. The highest BCUT2D eigenvalue weighted by atomic mass is 79.9. The molecule has 3 atom stereocenters. The van der Waals surface area contributed by atoms with E-state index < -0.39 is 12.3 Å². The molecule has 1 amide bonds. The molecule has 2 heterocycles. The van der Waals surface area contributed by atoms with Gasteiger partial charge in [0.2, 0.25) is 5.91 Å². The predicted molar refractivity (Wildman–Crippen MR) is 111 cm³/mol. The zero-order chi connectivity index (χ0) is 19.7. The topological polar surface area (TPSA) is 54.5 Å². The third-order valence-electron chi connectivity index (χ3n) is 5.43. The molecule has 1 N–H and O–H groups in total. The molecule has 7 heteroatoms. The van der Waals surface area contributed by atoms with Gasteiger partial charge >= 0.3 is 0 Å². The fraction of sp³-hybridized carbons (Fsp3) is 0.429. The van der Waals surface area contributed by atoms with E-state index in [1.807, 2.05) is 37.3 Å². The van der Waals surface area contributed by atoms with Crippen molar-refractivity contribution in [2.45, 2.75) is 45.0 Å². The van der Waals surface area contributed by atoms with Crippen molar-refractivity contribution in [3.8, 4) is 0 Å². The SMILES string of the molecule is CCOC1CCC(C(=O)N2Cc3cccnc3Nc3ccc(Br)cc32)CC1F. The van der Waals surface area contributed by atoms with Crippen molar-refractivity contribution < 1.29 is 13.9 Å². The number of fused-ring (bicyclic) bond motifs is 2. The summed E-state index contributed by atoms with van der Waals surface area (Å²) in [6.45, 7) is 2.77. The lowest BCUT2D eigenvalue weighted by Gasteiger charge is -2.34. The zero-order valence-electron chi connectivity index (χ0n) is 15.7. The minimum atomic E-state index is -1.11. The van der Waals surface area contributed by atoms with Crippen molar-refractivity contribution in [1.29, 1.82) is 0 Å². The summed E-state index contributed by atoms with van der Waals surface area (Å²) in [7, 11) is 0. The number of pyridine rings is 1. The van der Waals surface area contributed by atoms with Gasteiger partial charge in [0.05, 0.1) is 24.0 Å². The van der Waals surface area contributed by atoms with E-state index in [0.717, 1.165) is 27.2 Å². The van der Waals surface area contributed by atoms with E-state index in [1.54, 1.807) is 11.1 Å². The van der Waals surface area contributed by atoms with Crippen molar-refractivity contribution in [2.75, 3.05) is 16.8 Å². The standard InChI is InChI=1S/C21H23BrFN3O2/c1-2-28-19-8-5-13(10-16(19)23)21(27)26-12-14-4-3-9-24-20(14)25-17-7-6-15(22)11-18(17)26/h3-4,6-7,9,11,13,16,19H,2,5,8,10,12H2,1H3,(H,24,25). The molecular formula is C21H23BrFN3O2. The third-order valence-corrected chi connectivity index (χ3v) is 5.93. The number of halogens is 2. The van der Waals surface area contributed by atoms with Crippen LogP contribution in [0.1, 0.15) is 31.7 Å². The van der Waals surface area contributed by atoms with E-state index in [1.165, 1.54) is 0 Å². The van der Waals surface area contributed by atoms with Crippen LogP contribution in [0.4, 0.5) is 21.6 Å². The number of benzene rings is 1. The lowest BCUT2D eigenvalue weighted by molar-refractivity contribution is -0.126. The molecule has 28 heavy (non-hydrogen) atoms. The number of carbonyl (C=O) groups is 1. The van der Waals surface area contributed by atoms with E-state index in [4.69, 9.17) is 4.74 Å². The Bertz CT molecular complexity index is 878. The normalized spacial score (nSPS) is 24.0. The average Bonchev–Trinajstić information content (AvgIpc) is 2.85. The van der Waals surface area contributed by atoms with Crippen LogP contribution in [-0.4, -0.2) is 29.8 Å². The second kappa shape index (κ2) is 8.17. The molecule has 4 rings (SSSR count). The van der Waals surface area contributed by atoms with Crippen LogP contribution in [0.5, 0.6) is 0 Å². The summed E-state index contributed by atoms with van der Waals surface area (Å²) in [5, 5.41) is 3.33. The highest BCUT2D eigenvalue weighted by Crippen LogP contribution is 2.39. The average molecular weight is 448 g/mol. The Morgan fingerprint density at radius 1 is 1.39 bits per heavy atom. The maximum atomic E-state index is 14.6. The largest absolute Gasteiger partial charge is 0.375 e. The van der Waals surface area contributed by atoms with Gasteiger partial charge in [0.25, 0.3) is 0 Å². The van der Waals surface area contributed by atoms with Crippen molar-refractivity contribution in [2.24, 2.45) is 5.92 Å². The molecule has 1 saturated carbocycles. The monoisotopic (exact) mass is 447 g/mol. The number of aromatic nitrogens is 1. The number of alkyl halides is 1. The molecule has 2 aliphatic rings. The minimum absolute atomic E-state index is 0.0459. The van der Waals surface area contributed by atoms with E-state index >= 15 is 0 Å². The molecule has 1 aromatic heterocycles. The van der Waals surface area contributed by atoms with Crippen LogP contribution in [0.15, 0.2) is 41.0 Å². The number of nitrogens with one attached hydrogen (secondary N) is 1. The Morgan fingerprint density at radius 3 is 3.04 bits per heavy atom. The molecule has 0 bridgehead atoms. The van der Waals surface area contributed by atoms with Gasteiger partial charge < -0.3 is 15.0 Å². The number of carbonyl (C=O) groups excluding carboxylic acids is 1. The van der Waals surface area contributed by atoms with Crippen LogP contribution in [0.3, 0.4) is 0 Å². The Labute approximate surface area is 172 Å². The zero-order valence-corrected chi connectivity index (χ0v) is 17.3. The van der Waals surface area contributed by atoms with Gasteiger partial charge in [-0.25, -0.2) is 9.37 Å². The summed E-state index contributed by atoms with van der Waals surface area (Å²) in [4.78, 5) is 19.6. The second-order valence-corrected chi connectivity index (χ2v) is 8.16. The van der Waals surface area contributed by atoms with Crippen LogP contribution in [0, 0.1) is 5.92 Å². The molecule has 1 fully saturated rings. The number of rotatable bonds is 3. The smallest absolute Gasteiger partial charge is 0.230 e. The molecule has 148 valence electrons. The Kier molecular flexibility index (Phi) is 5.64. The Hall–Kier alpha value is -1.99. The number of anilines is 3. The number of hydrogen-bond donors (Lipinski definition) is 1. The van der Waals surface area contributed by atoms with Crippen molar-refractivity contribution in [3.05, 3.63) is 46.6 Å². The van der Waals surface area contributed by atoms with E-state index in [0.29, 0.717) is 26.0 Å². The molecule has 5 nitrogen and oxygen atoms in total. The van der Waals surface area contributed by atoms with Gasteiger partial charge in [0.1, 0.15) is 12.0 Å². The van der Waals surface area contributed by atoms with Gasteiger partial charge in [-0.2, -0.15) is 0 Å². The predicted octanol–water partition coefficient (Wildman–Crippen LogP) is 4.98. The molecule has 3 unspecified atom stereocenters. The van der Waals surface area contributed by atoms with E-state index in [2.05, 4.69) is 26.2 Å². The van der Waals surface area contributed by atoms with Crippen molar-refractivity contribution >= 4 is 39.0 Å². The van der Waals surface area contributed by atoms with Gasteiger partial charge in [-0.05, 0) is 50.5 Å². The highest BCUT2D eigenvalue weighted by Gasteiger charge is 2.37. The number of hydrogen-bond acceptors (Lipinski definition) is 4. The van der Waals surface area contributed by atoms with Crippen LogP contribution in [0.2, 0.25) is 0 Å². The van der Waals surface area contributed by atoms with Gasteiger partial charge in [-0.15, -0.1) is 0 Å². The molecular weight excluding hydrogens is 425 g/mol. The maximum Gasteiger partial charge on any atom is 0.230 e. The quantitative estimate of drug-likeness (QED) is 0.720. The Morgan fingerprint density at radius 2 is 2.25 bits per heavy atom. The van der Waals surface area contributed by atoms with Crippen LogP contribution in [-0.2, 0) is 16.1 Å². The number of amides is 1. The summed E-state index contributed by atoms with van der Waals surface area (Å²) >= 11 is 3.50. The van der Waals surface area contributed by atoms with Crippen molar-refractivity contribution in [1.82, 2.24) is 4.98 Å². The molecule has 0 saturated heterocycles. The summed E-state index contributed by atoms with van der Waals surface area (Å²) in [6, 6.07) is 9.59. The fourth-order valence-electron chi connectivity index (χ4n) is 4.03. The van der Waals surface area contributed by atoms with Crippen LogP contribution in [0.25, 0.3) is 0 Å². The van der Waals surface area contributed by atoms with Gasteiger partial charge in [0, 0.05) is 28.8 Å². The first kappa shape index (κ1) is 19.3. The second-order valence-electron chi connectivity index (χ2n) is 7.24. The molecule has 0 radical (unpaired) electrons. The number of nitrogens with zero attached hydrogens (tertiary/aromatic N) is 2. The first-order valence-electron chi connectivity index (χ1n) is 9.64. The third kappa shape index (κ3) is 3.78. The molecule has 1 aromatic carbocycles. The molecule has 2 aromatic rings. The molecule has 1 aliphatic carbocycles. The van der Waals surface area contributed by atoms with Crippen LogP contribution < -0.4 is 10.2 Å². The summed E-state index contributed by atoms with van der Waals surface area (Å²) in [6.07, 6.45) is 1.63. The minimum Gasteiger partial charge on any atom is -0.375 e. The first-order valence-corrected chi connectivity index (χ1v) is 10.4. The maximum absolute atomic E-state index is 14.6. The van der Waals surface area contributed by atoms with Gasteiger partial charge in [-0.3, -0.25) is 4.79 Å². The lowest BCUT2D eigenvalue weighted by Crippen LogP contribution is -2.42. The van der Waals surface area contributed by atoms with Gasteiger partial charge in [-0.1, -0.05) is 22.0 Å². The van der Waals surface area contributed by atoms with Crippen LogP contribution >= 0.6 is 15.9 Å². The first-order chi connectivity index (χ1) is 13.6. The molecule has 1 aliphatic heterocycles. The number of ether oxygens (including phenoxy) is 1. The summed E-state index contributed by atoms with van der Waals surface area (Å²) in [5.41, 5.74) is 2.52. The summed E-state index contributed by atoms with van der Waals surface area (Å²) in [5.74, 6) is 0.344. The van der Waals surface area contributed by atoms with Gasteiger partial charge in [0.15, 0.2) is 0 Å². The summed E-state index contributed by atoms with van der Waals surface area (Å²) < 4.78 is 20.9. The molecule has 0 spiro atoms. The van der Waals surface area contributed by atoms with E-state index in [9.17, 15) is 9.18 Å². The van der Waals surface area contributed by atoms with Crippen molar-refractivity contribution in [3.63, 3.8) is 0 Å². The van der Waals surface area contributed by atoms with E-state index in [-0.39, 0.29) is 18.2 Å². The fourth-order valence-corrected chi connectivity index (χ4v) is 4.38.